The molecule has 1 aliphatic carbocycles. The molecule has 0 N–H and O–H groups in total. The molecule has 1 aliphatic rings. The molecular formula is C11H18O. The van der Waals surface area contributed by atoms with Crippen LogP contribution in [0.15, 0.2) is 12.2 Å². The van der Waals surface area contributed by atoms with Crippen LogP contribution in [0.1, 0.15) is 45.4 Å². The van der Waals surface area contributed by atoms with Gasteiger partial charge in [0.05, 0.1) is 0 Å². The summed E-state index contributed by atoms with van der Waals surface area (Å²) in [5.74, 6) is 1.08. The highest BCUT2D eigenvalue weighted by molar-refractivity contribution is 5.89. The molecule has 0 fully saturated rings. The average Bonchev–Trinajstić information content (AvgIpc) is 2.27. The predicted molar refractivity (Wildman–Crippen MR) is 51.0 cm³/mol. The van der Waals surface area contributed by atoms with Crippen molar-refractivity contribution in [1.29, 1.82) is 0 Å². The van der Waals surface area contributed by atoms with Crippen molar-refractivity contribution in [3.05, 3.63) is 12.2 Å². The Bertz CT molecular complexity index is 170. The van der Waals surface area contributed by atoms with E-state index in [1.54, 1.807) is 6.08 Å². The van der Waals surface area contributed by atoms with E-state index in [-0.39, 0.29) is 0 Å². The maximum Gasteiger partial charge on any atom is 0.155 e. The number of hydrogen-bond donors (Lipinski definition) is 0. The molecule has 1 heteroatoms. The van der Waals surface area contributed by atoms with Crippen LogP contribution >= 0.6 is 0 Å². The summed E-state index contributed by atoms with van der Waals surface area (Å²) in [4.78, 5) is 11.0. The van der Waals surface area contributed by atoms with E-state index in [1.807, 2.05) is 0 Å². The van der Waals surface area contributed by atoms with E-state index in [1.165, 1.54) is 19.3 Å². The fraction of sp³-hybridized carbons (Fsp3) is 0.727. The Morgan fingerprint density at radius 1 is 1.58 bits per heavy atom. The van der Waals surface area contributed by atoms with Crippen molar-refractivity contribution >= 4 is 5.78 Å². The average molecular weight is 166 g/mol. The first-order chi connectivity index (χ1) is 5.83. The van der Waals surface area contributed by atoms with Gasteiger partial charge < -0.3 is 0 Å². The van der Waals surface area contributed by atoms with Crippen LogP contribution in [0.4, 0.5) is 0 Å². The van der Waals surface area contributed by atoms with Gasteiger partial charge in [-0.15, -0.1) is 0 Å². The van der Waals surface area contributed by atoms with Gasteiger partial charge in [0.15, 0.2) is 5.78 Å². The lowest BCUT2D eigenvalue weighted by atomic mass is 9.95. The number of rotatable bonds is 3. The van der Waals surface area contributed by atoms with Gasteiger partial charge in [0, 0.05) is 6.42 Å². The highest BCUT2D eigenvalue weighted by Crippen LogP contribution is 2.21. The van der Waals surface area contributed by atoms with Gasteiger partial charge in [-0.05, 0) is 24.8 Å². The molecule has 68 valence electrons. The van der Waals surface area contributed by atoms with E-state index in [0.29, 0.717) is 5.78 Å². The molecule has 0 amide bonds. The quantitative estimate of drug-likeness (QED) is 0.629. The molecule has 0 bridgehead atoms. The number of allylic oxidation sites excluding steroid dienone is 2. The summed E-state index contributed by atoms with van der Waals surface area (Å²) in [5, 5.41) is 0. The highest BCUT2D eigenvalue weighted by atomic mass is 16.1. The number of hydrogen-bond acceptors (Lipinski definition) is 1. The highest BCUT2D eigenvalue weighted by Gasteiger charge is 2.11. The Labute approximate surface area is 74.9 Å². The maximum absolute atomic E-state index is 11.0. The van der Waals surface area contributed by atoms with Gasteiger partial charge in [-0.3, -0.25) is 4.79 Å². The van der Waals surface area contributed by atoms with Crippen molar-refractivity contribution in [3.8, 4) is 0 Å². The van der Waals surface area contributed by atoms with Gasteiger partial charge in [0.25, 0.3) is 0 Å². The smallest absolute Gasteiger partial charge is 0.155 e. The van der Waals surface area contributed by atoms with E-state index in [9.17, 15) is 4.79 Å². The lowest BCUT2D eigenvalue weighted by Gasteiger charge is -2.10. The Kier molecular flexibility index (Phi) is 4.06. The maximum atomic E-state index is 11.0. The largest absolute Gasteiger partial charge is 0.295 e. The van der Waals surface area contributed by atoms with E-state index in [4.69, 9.17) is 0 Å². The van der Waals surface area contributed by atoms with Crippen LogP contribution in [0.25, 0.3) is 0 Å². The molecule has 0 heterocycles. The molecule has 0 aromatic heterocycles. The molecule has 0 spiro atoms. The molecule has 1 rings (SSSR count). The van der Waals surface area contributed by atoms with Crippen molar-refractivity contribution < 1.29 is 4.79 Å². The third kappa shape index (κ3) is 3.21. The minimum atomic E-state index is 0.314. The van der Waals surface area contributed by atoms with Crippen LogP contribution < -0.4 is 0 Å². The van der Waals surface area contributed by atoms with Crippen molar-refractivity contribution in [1.82, 2.24) is 0 Å². The van der Waals surface area contributed by atoms with Gasteiger partial charge in [-0.1, -0.05) is 32.3 Å². The zero-order valence-corrected chi connectivity index (χ0v) is 7.88. The zero-order chi connectivity index (χ0) is 8.81. The molecule has 0 aromatic rings. The Morgan fingerprint density at radius 3 is 3.17 bits per heavy atom. The Balaban J connectivity index is 2.28. The third-order valence-electron chi connectivity index (χ3n) is 2.54. The summed E-state index contributed by atoms with van der Waals surface area (Å²) in [5.41, 5.74) is 0. The van der Waals surface area contributed by atoms with Crippen LogP contribution in [-0.2, 0) is 4.79 Å². The van der Waals surface area contributed by atoms with Crippen LogP contribution in [0.2, 0.25) is 0 Å². The molecule has 0 saturated carbocycles. The van der Waals surface area contributed by atoms with E-state index in [0.717, 1.165) is 25.2 Å². The predicted octanol–water partition coefficient (Wildman–Crippen LogP) is 3.10. The fourth-order valence-electron chi connectivity index (χ4n) is 1.69. The standard InChI is InChI=1S/C11H18O/c1-2-3-5-10-6-4-7-11(12)9-8-10/h4,7,10H,2-3,5-6,8-9H2,1H3. The number of unbranched alkanes of at least 4 members (excludes halogenated alkanes) is 1. The second kappa shape index (κ2) is 5.13. The number of carbonyl (C=O) groups is 1. The number of ketones is 1. The number of carbonyl (C=O) groups excluding carboxylic acids is 1. The van der Waals surface area contributed by atoms with E-state index < -0.39 is 0 Å². The van der Waals surface area contributed by atoms with Crippen molar-refractivity contribution in [2.75, 3.05) is 0 Å². The SMILES string of the molecule is CCCCC1CC=CC(=O)CC1. The normalized spacial score (nSPS) is 24.1. The van der Waals surface area contributed by atoms with Crippen LogP contribution in [0, 0.1) is 5.92 Å². The van der Waals surface area contributed by atoms with Gasteiger partial charge in [-0.25, -0.2) is 0 Å². The molecule has 0 aliphatic heterocycles. The summed E-state index contributed by atoms with van der Waals surface area (Å²) in [7, 11) is 0. The van der Waals surface area contributed by atoms with Crippen molar-refractivity contribution in [2.45, 2.75) is 45.4 Å². The summed E-state index contributed by atoms with van der Waals surface area (Å²) in [6.45, 7) is 2.22. The summed E-state index contributed by atoms with van der Waals surface area (Å²) < 4.78 is 0. The van der Waals surface area contributed by atoms with Gasteiger partial charge >= 0.3 is 0 Å². The summed E-state index contributed by atoms with van der Waals surface area (Å²) in [6.07, 6.45) is 10.7. The van der Waals surface area contributed by atoms with Crippen molar-refractivity contribution in [2.24, 2.45) is 5.92 Å². The first kappa shape index (κ1) is 9.50. The Morgan fingerprint density at radius 2 is 2.42 bits per heavy atom. The molecule has 0 radical (unpaired) electrons. The van der Waals surface area contributed by atoms with E-state index >= 15 is 0 Å². The fourth-order valence-corrected chi connectivity index (χ4v) is 1.69. The summed E-state index contributed by atoms with van der Waals surface area (Å²) in [6, 6.07) is 0. The van der Waals surface area contributed by atoms with Crippen LogP contribution in [0.3, 0.4) is 0 Å². The van der Waals surface area contributed by atoms with Gasteiger partial charge in [-0.2, -0.15) is 0 Å². The first-order valence-corrected chi connectivity index (χ1v) is 5.02. The molecule has 0 saturated heterocycles. The Hall–Kier alpha value is -0.590. The van der Waals surface area contributed by atoms with Gasteiger partial charge in [0.1, 0.15) is 0 Å². The van der Waals surface area contributed by atoms with Crippen LogP contribution in [-0.4, -0.2) is 5.78 Å². The molecular weight excluding hydrogens is 148 g/mol. The minimum absolute atomic E-state index is 0.314. The molecule has 1 atom stereocenters. The second-order valence-electron chi connectivity index (χ2n) is 3.65. The molecule has 1 unspecified atom stereocenters. The topological polar surface area (TPSA) is 17.1 Å². The first-order valence-electron chi connectivity index (χ1n) is 5.02. The lowest BCUT2D eigenvalue weighted by Crippen LogP contribution is -1.99. The zero-order valence-electron chi connectivity index (χ0n) is 7.88. The monoisotopic (exact) mass is 166 g/mol. The second-order valence-corrected chi connectivity index (χ2v) is 3.65. The van der Waals surface area contributed by atoms with Crippen LogP contribution in [0.5, 0.6) is 0 Å². The molecule has 12 heavy (non-hydrogen) atoms. The van der Waals surface area contributed by atoms with Gasteiger partial charge in [0.2, 0.25) is 0 Å². The van der Waals surface area contributed by atoms with E-state index in [2.05, 4.69) is 13.0 Å². The molecule has 0 aromatic carbocycles. The molecule has 1 nitrogen and oxygen atoms in total. The van der Waals surface area contributed by atoms with Crippen molar-refractivity contribution in [3.63, 3.8) is 0 Å². The lowest BCUT2D eigenvalue weighted by molar-refractivity contribution is -0.114. The third-order valence-corrected chi connectivity index (χ3v) is 2.54. The summed E-state index contributed by atoms with van der Waals surface area (Å²) >= 11 is 0. The minimum Gasteiger partial charge on any atom is -0.295 e.